The summed E-state index contributed by atoms with van der Waals surface area (Å²) < 4.78 is 7.60. The fourth-order valence-electron chi connectivity index (χ4n) is 4.58. The van der Waals surface area contributed by atoms with Gasteiger partial charge in [0.05, 0.1) is 18.7 Å². The Morgan fingerprint density at radius 3 is 2.58 bits per heavy atom. The highest BCUT2D eigenvalue weighted by atomic mass is 32.1. The van der Waals surface area contributed by atoms with Crippen molar-refractivity contribution in [3.05, 3.63) is 77.4 Å². The number of nitrogens with zero attached hydrogens (tertiary/aromatic N) is 3. The number of carbonyl (C=O) groups excluding carboxylic acids is 1. The molecule has 0 bridgehead atoms. The van der Waals surface area contributed by atoms with Crippen molar-refractivity contribution in [1.82, 2.24) is 14.3 Å². The first-order valence-electron chi connectivity index (χ1n) is 11.7. The Hall–Kier alpha value is -3.12. The molecule has 2 aromatic heterocycles. The molecule has 0 N–H and O–H groups in total. The van der Waals surface area contributed by atoms with E-state index >= 15 is 0 Å². The summed E-state index contributed by atoms with van der Waals surface area (Å²) in [4.78, 5) is 20.8. The molecule has 170 valence electrons. The fraction of sp³-hybridized carbons (Fsp3) is 0.333. The molecule has 1 amide bonds. The smallest absolute Gasteiger partial charge is 0.228 e. The second-order valence-corrected chi connectivity index (χ2v) is 9.49. The number of thiazole rings is 1. The van der Waals surface area contributed by atoms with E-state index in [0.717, 1.165) is 60.0 Å². The molecule has 5 nitrogen and oxygen atoms in total. The number of carbonyl (C=O) groups is 1. The van der Waals surface area contributed by atoms with Crippen molar-refractivity contribution < 1.29 is 9.53 Å². The molecule has 6 heteroatoms. The van der Waals surface area contributed by atoms with Gasteiger partial charge in [0, 0.05) is 35.9 Å². The number of hydrogen-bond acceptors (Lipinski definition) is 4. The van der Waals surface area contributed by atoms with Crippen LogP contribution in [0, 0.1) is 5.92 Å². The Kier molecular flexibility index (Phi) is 6.44. The third-order valence-corrected chi connectivity index (χ3v) is 7.30. The highest BCUT2D eigenvalue weighted by Gasteiger charge is 2.24. The van der Waals surface area contributed by atoms with Crippen molar-refractivity contribution in [2.45, 2.75) is 32.6 Å². The molecule has 4 aromatic rings. The largest absolute Gasteiger partial charge is 0.494 e. The van der Waals surface area contributed by atoms with Crippen LogP contribution in [0.25, 0.3) is 16.2 Å². The minimum Gasteiger partial charge on any atom is -0.494 e. The molecular weight excluding hydrogens is 430 g/mol. The van der Waals surface area contributed by atoms with Gasteiger partial charge in [0.2, 0.25) is 5.91 Å². The third kappa shape index (κ3) is 4.96. The number of benzene rings is 2. The van der Waals surface area contributed by atoms with Crippen LogP contribution >= 0.6 is 11.3 Å². The predicted molar refractivity (Wildman–Crippen MR) is 133 cm³/mol. The van der Waals surface area contributed by atoms with E-state index in [0.29, 0.717) is 18.9 Å². The van der Waals surface area contributed by atoms with Gasteiger partial charge in [-0.3, -0.25) is 9.20 Å². The summed E-state index contributed by atoms with van der Waals surface area (Å²) in [7, 11) is 0. The molecule has 2 aromatic carbocycles. The molecule has 0 saturated carbocycles. The molecule has 33 heavy (non-hydrogen) atoms. The first kappa shape index (κ1) is 21.7. The van der Waals surface area contributed by atoms with Crippen molar-refractivity contribution >= 4 is 22.2 Å². The number of amides is 1. The van der Waals surface area contributed by atoms with Gasteiger partial charge >= 0.3 is 0 Å². The van der Waals surface area contributed by atoms with E-state index in [4.69, 9.17) is 9.72 Å². The normalized spacial score (nSPS) is 14.6. The summed E-state index contributed by atoms with van der Waals surface area (Å²) in [5.74, 6) is 1.74. The van der Waals surface area contributed by atoms with E-state index in [2.05, 4.69) is 40.1 Å². The van der Waals surface area contributed by atoms with Crippen LogP contribution in [-0.2, 0) is 17.6 Å². The lowest BCUT2D eigenvalue weighted by Crippen LogP contribution is -2.39. The number of likely N-dealkylation sites (tertiary alicyclic amines) is 1. The van der Waals surface area contributed by atoms with Gasteiger partial charge in [0.25, 0.3) is 0 Å². The number of imidazole rings is 1. The summed E-state index contributed by atoms with van der Waals surface area (Å²) in [6.07, 6.45) is 5.72. The zero-order valence-electron chi connectivity index (χ0n) is 18.9. The maximum atomic E-state index is 13.0. The van der Waals surface area contributed by atoms with Crippen LogP contribution in [0.1, 0.15) is 31.0 Å². The molecule has 0 radical (unpaired) electrons. The highest BCUT2D eigenvalue weighted by Crippen LogP contribution is 2.27. The molecular formula is C27H29N3O2S. The zero-order chi connectivity index (χ0) is 22.6. The summed E-state index contributed by atoms with van der Waals surface area (Å²) >= 11 is 1.59. The number of piperidine rings is 1. The fourth-order valence-corrected chi connectivity index (χ4v) is 5.46. The second-order valence-electron chi connectivity index (χ2n) is 8.65. The first-order valence-corrected chi connectivity index (χ1v) is 12.6. The van der Waals surface area contributed by atoms with Crippen LogP contribution in [-0.4, -0.2) is 39.9 Å². The monoisotopic (exact) mass is 459 g/mol. The third-order valence-electron chi connectivity index (χ3n) is 6.41. The number of hydrogen-bond donors (Lipinski definition) is 0. The number of aromatic nitrogens is 2. The van der Waals surface area contributed by atoms with Gasteiger partial charge < -0.3 is 9.64 Å². The van der Waals surface area contributed by atoms with Gasteiger partial charge in [-0.15, -0.1) is 11.3 Å². The topological polar surface area (TPSA) is 46.8 Å². The van der Waals surface area contributed by atoms with E-state index in [1.807, 2.05) is 42.3 Å². The Bertz CT molecular complexity index is 1210. The molecule has 1 fully saturated rings. The number of ether oxygens (including phenoxy) is 1. The van der Waals surface area contributed by atoms with Crippen LogP contribution in [0.4, 0.5) is 0 Å². The SMILES string of the molecule is CCOc1ccc(-c2cn3c(CC(=O)N4CCC(Cc5ccccc5)CC4)csc3n2)cc1. The van der Waals surface area contributed by atoms with Crippen molar-refractivity contribution in [3.8, 4) is 17.0 Å². The van der Waals surface area contributed by atoms with Gasteiger partial charge in [0.15, 0.2) is 4.96 Å². The zero-order valence-corrected chi connectivity index (χ0v) is 19.8. The van der Waals surface area contributed by atoms with Crippen LogP contribution in [0.15, 0.2) is 66.2 Å². The molecule has 1 saturated heterocycles. The van der Waals surface area contributed by atoms with E-state index in [1.54, 1.807) is 11.3 Å². The summed E-state index contributed by atoms with van der Waals surface area (Å²) in [5.41, 5.74) is 4.37. The van der Waals surface area contributed by atoms with Crippen molar-refractivity contribution in [1.29, 1.82) is 0 Å². The average Bonchev–Trinajstić information content (AvgIpc) is 3.43. The Morgan fingerprint density at radius 1 is 1.09 bits per heavy atom. The standard InChI is InChI=1S/C27H29N3O2S/c1-2-32-24-10-8-22(9-11-24)25-18-30-23(19-33-27(30)28-25)17-26(31)29-14-12-21(13-15-29)16-20-6-4-3-5-7-20/h3-11,18-19,21H,2,12-17H2,1H3. The van der Waals surface area contributed by atoms with Crippen molar-refractivity contribution in [2.24, 2.45) is 5.92 Å². The van der Waals surface area contributed by atoms with Crippen LogP contribution in [0.3, 0.4) is 0 Å². The maximum Gasteiger partial charge on any atom is 0.228 e. The van der Waals surface area contributed by atoms with E-state index in [1.165, 1.54) is 5.56 Å². The predicted octanol–water partition coefficient (Wildman–Crippen LogP) is 5.49. The minimum atomic E-state index is 0.212. The highest BCUT2D eigenvalue weighted by molar-refractivity contribution is 7.15. The number of fused-ring (bicyclic) bond motifs is 1. The molecule has 0 aliphatic carbocycles. The second kappa shape index (κ2) is 9.79. The molecule has 1 aliphatic rings. The summed E-state index contributed by atoms with van der Waals surface area (Å²) in [5, 5.41) is 2.06. The van der Waals surface area contributed by atoms with Gasteiger partial charge in [-0.25, -0.2) is 4.98 Å². The van der Waals surface area contributed by atoms with Crippen LogP contribution in [0.2, 0.25) is 0 Å². The van der Waals surface area contributed by atoms with Crippen molar-refractivity contribution in [2.75, 3.05) is 19.7 Å². The van der Waals surface area contributed by atoms with Crippen LogP contribution in [0.5, 0.6) is 5.75 Å². The summed E-state index contributed by atoms with van der Waals surface area (Å²) in [6, 6.07) is 18.7. The maximum absolute atomic E-state index is 13.0. The molecule has 3 heterocycles. The Labute approximate surface area is 198 Å². The molecule has 0 atom stereocenters. The van der Waals surface area contributed by atoms with Crippen molar-refractivity contribution in [3.63, 3.8) is 0 Å². The Balaban J connectivity index is 1.21. The molecule has 5 rings (SSSR count). The lowest BCUT2D eigenvalue weighted by molar-refractivity contribution is -0.131. The first-order chi connectivity index (χ1) is 16.2. The molecule has 0 spiro atoms. The van der Waals surface area contributed by atoms with Gasteiger partial charge in [-0.1, -0.05) is 30.3 Å². The lowest BCUT2D eigenvalue weighted by Gasteiger charge is -2.32. The Morgan fingerprint density at radius 2 is 1.85 bits per heavy atom. The summed E-state index contributed by atoms with van der Waals surface area (Å²) in [6.45, 7) is 4.34. The van der Waals surface area contributed by atoms with E-state index in [9.17, 15) is 4.79 Å². The van der Waals surface area contributed by atoms with Gasteiger partial charge in [0.1, 0.15) is 5.75 Å². The minimum absolute atomic E-state index is 0.212. The average molecular weight is 460 g/mol. The molecule has 0 unspecified atom stereocenters. The van der Waals surface area contributed by atoms with Crippen LogP contribution < -0.4 is 4.74 Å². The quantitative estimate of drug-likeness (QED) is 0.367. The molecule has 1 aliphatic heterocycles. The van der Waals surface area contributed by atoms with E-state index < -0.39 is 0 Å². The van der Waals surface area contributed by atoms with Gasteiger partial charge in [-0.2, -0.15) is 0 Å². The lowest BCUT2D eigenvalue weighted by atomic mass is 9.90. The van der Waals surface area contributed by atoms with Gasteiger partial charge in [-0.05, 0) is 61.9 Å². The number of rotatable bonds is 7. The van der Waals surface area contributed by atoms with E-state index in [-0.39, 0.29) is 5.91 Å².